The highest BCUT2D eigenvalue weighted by Gasteiger charge is 2.20. The van der Waals surface area contributed by atoms with Crippen LogP contribution < -0.4 is 0 Å². The first kappa shape index (κ1) is 36.8. The second-order valence-electron chi connectivity index (χ2n) is 15.4. The Morgan fingerprint density at radius 2 is 1.24 bits per heavy atom. The molecule has 1 atom stereocenters. The van der Waals surface area contributed by atoms with E-state index in [0.29, 0.717) is 11.9 Å². The number of para-hydroxylation sites is 2. The third kappa shape index (κ3) is 7.05. The second kappa shape index (κ2) is 16.0. The monoisotopic (exact) mass is 749 g/mol. The first-order valence-corrected chi connectivity index (χ1v) is 20.4. The Labute approximate surface area is 342 Å². The maximum Gasteiger partial charge on any atom is 0.235 e. The zero-order valence-electron chi connectivity index (χ0n) is 33.7. The van der Waals surface area contributed by atoms with Crippen molar-refractivity contribution in [1.29, 1.82) is 0 Å². The number of rotatable bonds is 10. The summed E-state index contributed by atoms with van der Waals surface area (Å²) < 4.78 is 2.23. The molecule has 0 saturated carbocycles. The Morgan fingerprint density at radius 1 is 0.603 bits per heavy atom. The summed E-state index contributed by atoms with van der Waals surface area (Å²) in [6, 6.07) is 63.1. The summed E-state index contributed by atoms with van der Waals surface area (Å²) in [7, 11) is 0. The van der Waals surface area contributed by atoms with Crippen LogP contribution in [0.25, 0.3) is 72.9 Å². The molecule has 0 spiro atoms. The van der Waals surface area contributed by atoms with Gasteiger partial charge in [-0.2, -0.15) is 0 Å². The van der Waals surface area contributed by atoms with Crippen molar-refractivity contribution < 1.29 is 0 Å². The molecule has 0 aliphatic carbocycles. The van der Waals surface area contributed by atoms with E-state index in [1.807, 2.05) is 0 Å². The average Bonchev–Trinajstić information content (AvgIpc) is 3.56. The van der Waals surface area contributed by atoms with E-state index in [-0.39, 0.29) is 0 Å². The van der Waals surface area contributed by atoms with Gasteiger partial charge in [0.2, 0.25) is 5.95 Å². The highest BCUT2D eigenvalue weighted by atomic mass is 15.2. The van der Waals surface area contributed by atoms with E-state index in [4.69, 9.17) is 9.97 Å². The predicted octanol–water partition coefficient (Wildman–Crippen LogP) is 14.5. The highest BCUT2D eigenvalue weighted by molar-refractivity contribution is 5.98. The van der Waals surface area contributed by atoms with Crippen molar-refractivity contribution in [3.63, 3.8) is 0 Å². The van der Waals surface area contributed by atoms with Gasteiger partial charge in [0.05, 0.1) is 16.7 Å². The van der Waals surface area contributed by atoms with Crippen molar-refractivity contribution in [2.45, 2.75) is 46.5 Å². The molecule has 9 rings (SSSR count). The lowest BCUT2D eigenvalue weighted by Crippen LogP contribution is -2.05. The van der Waals surface area contributed by atoms with Crippen molar-refractivity contribution in [2.75, 3.05) is 0 Å². The van der Waals surface area contributed by atoms with Crippen LogP contribution in [-0.4, -0.2) is 14.5 Å². The van der Waals surface area contributed by atoms with Crippen LogP contribution in [0.5, 0.6) is 0 Å². The zero-order valence-corrected chi connectivity index (χ0v) is 33.7. The van der Waals surface area contributed by atoms with Gasteiger partial charge in [-0.25, -0.2) is 9.97 Å². The van der Waals surface area contributed by atoms with Crippen LogP contribution in [0.2, 0.25) is 0 Å². The lowest BCUT2D eigenvalue weighted by molar-refractivity contribution is 0.662. The molecule has 9 aromatic rings. The molecule has 2 heterocycles. The van der Waals surface area contributed by atoms with Crippen LogP contribution in [0.4, 0.5) is 0 Å². The number of hydrogen-bond donors (Lipinski definition) is 0. The molecule has 0 radical (unpaired) electrons. The molecule has 0 saturated heterocycles. The third-order valence-corrected chi connectivity index (χ3v) is 11.8. The fourth-order valence-corrected chi connectivity index (χ4v) is 8.60. The summed E-state index contributed by atoms with van der Waals surface area (Å²) in [6.45, 7) is 8.98. The molecule has 0 aliphatic heterocycles. The lowest BCUT2D eigenvalue weighted by atomic mass is 9.83. The van der Waals surface area contributed by atoms with Gasteiger partial charge >= 0.3 is 0 Å². The van der Waals surface area contributed by atoms with Crippen LogP contribution in [0, 0.1) is 13.8 Å². The van der Waals surface area contributed by atoms with Gasteiger partial charge in [0.15, 0.2) is 0 Å². The Bertz CT molecular complexity index is 2920. The van der Waals surface area contributed by atoms with Gasteiger partial charge in [-0.1, -0.05) is 165 Å². The van der Waals surface area contributed by atoms with Gasteiger partial charge in [-0.05, 0) is 114 Å². The molecule has 0 N–H and O–H groups in total. The van der Waals surface area contributed by atoms with Gasteiger partial charge in [-0.3, -0.25) is 4.57 Å². The van der Waals surface area contributed by atoms with Crippen LogP contribution in [0.3, 0.4) is 0 Å². The van der Waals surface area contributed by atoms with Crippen molar-refractivity contribution in [2.24, 2.45) is 0 Å². The summed E-state index contributed by atoms with van der Waals surface area (Å²) in [6.07, 6.45) is 4.46. The number of nitrogens with zero attached hydrogens (tertiary/aromatic N) is 3. The van der Waals surface area contributed by atoms with Crippen molar-refractivity contribution >= 4 is 33.5 Å². The van der Waals surface area contributed by atoms with Crippen LogP contribution in [0.1, 0.15) is 59.7 Å². The van der Waals surface area contributed by atoms with E-state index in [9.17, 15) is 0 Å². The molecule has 1 unspecified atom stereocenters. The Kier molecular flexibility index (Phi) is 10.1. The van der Waals surface area contributed by atoms with E-state index in [0.717, 1.165) is 46.2 Å². The molecule has 0 amide bonds. The Morgan fingerprint density at radius 3 is 2.02 bits per heavy atom. The lowest BCUT2D eigenvalue weighted by Gasteiger charge is -2.21. The smallest absolute Gasteiger partial charge is 0.235 e. The number of aryl methyl sites for hydroxylation is 1. The van der Waals surface area contributed by atoms with Crippen molar-refractivity contribution in [3.8, 4) is 39.5 Å². The maximum atomic E-state index is 5.35. The molecule has 0 aliphatic rings. The zero-order chi connectivity index (χ0) is 39.6. The van der Waals surface area contributed by atoms with Gasteiger partial charge in [-0.15, -0.1) is 0 Å². The number of hydrogen-bond acceptors (Lipinski definition) is 2. The minimum absolute atomic E-state index is 0.429. The van der Waals surface area contributed by atoms with Crippen molar-refractivity contribution in [3.05, 3.63) is 209 Å². The quantitative estimate of drug-likeness (QED) is 0.139. The van der Waals surface area contributed by atoms with E-state index in [1.165, 1.54) is 61.0 Å². The average molecular weight is 750 g/mol. The SMILES string of the molecule is CCC(Cc1ccccc1)c1ccccc1-c1cc(/C(C)=C/c2c(C)n(-c3nc(-c4ccc(-c5ccccc5)cc4)c4ccccc4n3)c3ccccc23)ccc1C. The van der Waals surface area contributed by atoms with Crippen LogP contribution in [-0.2, 0) is 6.42 Å². The van der Waals surface area contributed by atoms with Gasteiger partial charge < -0.3 is 0 Å². The first-order chi connectivity index (χ1) is 28.5. The Hall–Kier alpha value is -6.84. The van der Waals surface area contributed by atoms with Crippen LogP contribution >= 0.6 is 0 Å². The van der Waals surface area contributed by atoms with Gasteiger partial charge in [0.25, 0.3) is 0 Å². The molecule has 2 aromatic heterocycles. The molecule has 7 aromatic carbocycles. The fourth-order valence-electron chi connectivity index (χ4n) is 8.60. The van der Waals surface area contributed by atoms with Gasteiger partial charge in [0.1, 0.15) is 0 Å². The molecular formula is C55H47N3. The number of aromatic nitrogens is 3. The standard InChI is InChI=1S/C55H47N3/c1-5-41(35-40-18-8-6-9-19-40)46-22-12-13-23-47(46)50-36-45(29-28-37(50)2)38(3)34-51-39(4)58(53-27-17-15-24-48(51)53)55-56-52-26-16-14-25-49(52)54(57-55)44-32-30-43(31-33-44)42-20-10-7-11-21-42/h6-34,36,41H,5,35H2,1-4H3/b38-34+. The molecule has 0 fully saturated rings. The maximum absolute atomic E-state index is 5.35. The summed E-state index contributed by atoms with van der Waals surface area (Å²) in [4.78, 5) is 10.5. The van der Waals surface area contributed by atoms with E-state index in [2.05, 4.69) is 214 Å². The summed E-state index contributed by atoms with van der Waals surface area (Å²) in [5.74, 6) is 1.10. The Balaban J connectivity index is 1.12. The van der Waals surface area contributed by atoms with E-state index in [1.54, 1.807) is 0 Å². The molecule has 3 nitrogen and oxygen atoms in total. The molecule has 58 heavy (non-hydrogen) atoms. The minimum atomic E-state index is 0.429. The minimum Gasteiger partial charge on any atom is -0.282 e. The summed E-state index contributed by atoms with van der Waals surface area (Å²) >= 11 is 0. The van der Waals surface area contributed by atoms with Crippen LogP contribution in [0.15, 0.2) is 176 Å². The first-order valence-electron chi connectivity index (χ1n) is 20.4. The largest absolute Gasteiger partial charge is 0.282 e. The second-order valence-corrected chi connectivity index (χ2v) is 15.4. The summed E-state index contributed by atoms with van der Waals surface area (Å²) in [5, 5.41) is 2.21. The van der Waals surface area contributed by atoms with Gasteiger partial charge in [0, 0.05) is 27.6 Å². The van der Waals surface area contributed by atoms with E-state index >= 15 is 0 Å². The van der Waals surface area contributed by atoms with Crippen molar-refractivity contribution in [1.82, 2.24) is 14.5 Å². The molecular weight excluding hydrogens is 703 g/mol. The number of benzene rings is 7. The topological polar surface area (TPSA) is 30.7 Å². The summed E-state index contributed by atoms with van der Waals surface area (Å²) in [5.41, 5.74) is 17.8. The van der Waals surface area contributed by atoms with E-state index < -0.39 is 0 Å². The third-order valence-electron chi connectivity index (χ3n) is 11.8. The normalized spacial score (nSPS) is 12.3. The highest BCUT2D eigenvalue weighted by Crippen LogP contribution is 2.38. The molecule has 3 heteroatoms. The number of allylic oxidation sites excluding steroid dienone is 1. The predicted molar refractivity (Wildman–Crippen MR) is 245 cm³/mol. The molecule has 282 valence electrons. The molecule has 0 bridgehead atoms. The number of fused-ring (bicyclic) bond motifs is 2. The fraction of sp³-hybridized carbons (Fsp3) is 0.127.